The van der Waals surface area contributed by atoms with E-state index < -0.39 is 6.36 Å². The van der Waals surface area contributed by atoms with Gasteiger partial charge in [-0.15, -0.1) is 13.2 Å². The molecule has 33 heavy (non-hydrogen) atoms. The molecule has 1 fully saturated rings. The van der Waals surface area contributed by atoms with Crippen LogP contribution in [0.1, 0.15) is 48.7 Å². The lowest BCUT2D eigenvalue weighted by Gasteiger charge is -2.37. The minimum absolute atomic E-state index is 0.111. The molecule has 176 valence electrons. The second-order valence-electron chi connectivity index (χ2n) is 8.45. The molecule has 0 radical (unpaired) electrons. The van der Waals surface area contributed by atoms with E-state index in [1.807, 2.05) is 30.0 Å². The zero-order valence-electron chi connectivity index (χ0n) is 18.5. The van der Waals surface area contributed by atoms with Gasteiger partial charge in [-0.05, 0) is 62.4 Å². The highest BCUT2D eigenvalue weighted by molar-refractivity contribution is 5.98. The third kappa shape index (κ3) is 5.87. The van der Waals surface area contributed by atoms with Gasteiger partial charge in [-0.3, -0.25) is 4.79 Å². The summed E-state index contributed by atoms with van der Waals surface area (Å²) < 4.78 is 41.6. The van der Waals surface area contributed by atoms with E-state index in [1.54, 1.807) is 6.07 Å². The van der Waals surface area contributed by atoms with Crippen LogP contribution in [0.4, 0.5) is 13.2 Å². The van der Waals surface area contributed by atoms with Gasteiger partial charge >= 0.3 is 6.36 Å². The van der Waals surface area contributed by atoms with Crippen molar-refractivity contribution in [3.8, 4) is 5.75 Å². The van der Waals surface area contributed by atoms with Crippen LogP contribution in [0.2, 0.25) is 0 Å². The summed E-state index contributed by atoms with van der Waals surface area (Å²) in [5.41, 5.74) is 2.19. The standard InChI is InChI=1S/C25H28F3N3O2/c1-2-31(20-10-6-9-19(15-20)29-16-17-7-4-3-5-8-17)24(32)23-14-18-13-21(33-25(26,27)28)11-12-22(18)30-23/h3-5,7-8,11-14,19-20,29-30H,2,6,9-10,15-16H2,1H3. The fourth-order valence-corrected chi connectivity index (χ4v) is 4.64. The minimum Gasteiger partial charge on any atom is -0.406 e. The van der Waals surface area contributed by atoms with Crippen molar-refractivity contribution in [3.05, 3.63) is 65.9 Å². The highest BCUT2D eigenvalue weighted by atomic mass is 19.4. The molecule has 8 heteroatoms. The number of fused-ring (bicyclic) bond motifs is 1. The number of hydrogen-bond acceptors (Lipinski definition) is 3. The van der Waals surface area contributed by atoms with Gasteiger partial charge in [-0.1, -0.05) is 30.3 Å². The number of amides is 1. The van der Waals surface area contributed by atoms with Crippen LogP contribution < -0.4 is 10.1 Å². The summed E-state index contributed by atoms with van der Waals surface area (Å²) in [6.45, 7) is 3.31. The summed E-state index contributed by atoms with van der Waals surface area (Å²) in [5, 5.41) is 4.12. The Morgan fingerprint density at radius 1 is 1.15 bits per heavy atom. The van der Waals surface area contributed by atoms with Crippen molar-refractivity contribution in [2.75, 3.05) is 6.54 Å². The van der Waals surface area contributed by atoms with E-state index >= 15 is 0 Å². The Morgan fingerprint density at radius 2 is 1.94 bits per heavy atom. The number of hydrogen-bond donors (Lipinski definition) is 2. The van der Waals surface area contributed by atoms with E-state index in [0.29, 0.717) is 29.2 Å². The number of carbonyl (C=O) groups is 1. The number of benzene rings is 2. The predicted molar refractivity (Wildman–Crippen MR) is 121 cm³/mol. The minimum atomic E-state index is -4.76. The third-order valence-electron chi connectivity index (χ3n) is 6.18. The van der Waals surface area contributed by atoms with Gasteiger partial charge in [-0.25, -0.2) is 0 Å². The normalized spacial score (nSPS) is 18.9. The number of nitrogens with zero attached hydrogens (tertiary/aromatic N) is 1. The Labute approximate surface area is 190 Å². The molecule has 1 aliphatic carbocycles. The van der Waals surface area contributed by atoms with Gasteiger partial charge in [0.05, 0.1) is 0 Å². The van der Waals surface area contributed by atoms with Crippen LogP contribution in [0, 0.1) is 0 Å². The molecule has 2 N–H and O–H groups in total. The maximum atomic E-state index is 13.3. The summed E-state index contributed by atoms with van der Waals surface area (Å²) >= 11 is 0. The highest BCUT2D eigenvalue weighted by Crippen LogP contribution is 2.29. The van der Waals surface area contributed by atoms with Gasteiger partial charge in [0.25, 0.3) is 5.91 Å². The van der Waals surface area contributed by atoms with Gasteiger partial charge in [0.2, 0.25) is 0 Å². The Kier molecular flexibility index (Phi) is 6.93. The molecule has 0 saturated heterocycles. The molecule has 3 aromatic rings. The van der Waals surface area contributed by atoms with E-state index in [0.717, 1.165) is 32.2 Å². The molecule has 0 bridgehead atoms. The van der Waals surface area contributed by atoms with Crippen LogP contribution in [-0.4, -0.2) is 40.8 Å². The smallest absolute Gasteiger partial charge is 0.406 e. The second-order valence-corrected chi connectivity index (χ2v) is 8.45. The van der Waals surface area contributed by atoms with Crippen LogP contribution in [0.25, 0.3) is 10.9 Å². The third-order valence-corrected chi connectivity index (χ3v) is 6.18. The Hall–Kier alpha value is -3.00. The lowest BCUT2D eigenvalue weighted by Crippen LogP contribution is -2.46. The van der Waals surface area contributed by atoms with Gasteiger partial charge in [0.1, 0.15) is 11.4 Å². The summed E-state index contributed by atoms with van der Waals surface area (Å²) in [6.07, 6.45) is -0.841. The molecule has 1 aliphatic rings. The van der Waals surface area contributed by atoms with Gasteiger partial charge < -0.3 is 19.9 Å². The van der Waals surface area contributed by atoms with E-state index in [-0.39, 0.29) is 17.7 Å². The SMILES string of the molecule is CCN(C(=O)c1cc2cc(OC(F)(F)F)ccc2[nH]1)C1CCCC(NCc2ccccc2)C1. The van der Waals surface area contributed by atoms with Gasteiger partial charge in [0, 0.05) is 36.1 Å². The van der Waals surface area contributed by atoms with Crippen molar-refractivity contribution in [1.29, 1.82) is 0 Å². The molecular weight excluding hydrogens is 431 g/mol. The van der Waals surface area contributed by atoms with Gasteiger partial charge in [0.15, 0.2) is 0 Å². The molecule has 1 heterocycles. The number of carbonyl (C=O) groups excluding carboxylic acids is 1. The average molecular weight is 460 g/mol. The van der Waals surface area contributed by atoms with Crippen molar-refractivity contribution in [1.82, 2.24) is 15.2 Å². The number of alkyl halides is 3. The zero-order chi connectivity index (χ0) is 23.4. The number of H-pyrrole nitrogens is 1. The molecule has 2 atom stereocenters. The fraction of sp³-hybridized carbons (Fsp3) is 0.400. The predicted octanol–water partition coefficient (Wildman–Crippen LogP) is 5.63. The zero-order valence-corrected chi connectivity index (χ0v) is 18.5. The first-order chi connectivity index (χ1) is 15.8. The van der Waals surface area contributed by atoms with Crippen LogP contribution in [-0.2, 0) is 6.54 Å². The fourth-order valence-electron chi connectivity index (χ4n) is 4.64. The molecule has 1 aromatic heterocycles. The summed E-state index contributed by atoms with van der Waals surface area (Å²) in [4.78, 5) is 18.2. The first-order valence-corrected chi connectivity index (χ1v) is 11.3. The van der Waals surface area contributed by atoms with E-state index in [4.69, 9.17) is 0 Å². The highest BCUT2D eigenvalue weighted by Gasteiger charge is 2.32. The molecular formula is C25H28F3N3O2. The number of aromatic nitrogens is 1. The Balaban J connectivity index is 1.44. The van der Waals surface area contributed by atoms with Crippen molar-refractivity contribution in [2.45, 2.75) is 57.6 Å². The maximum absolute atomic E-state index is 13.3. The number of ether oxygens (including phenoxy) is 1. The van der Waals surface area contributed by atoms with Crippen molar-refractivity contribution in [2.24, 2.45) is 0 Å². The van der Waals surface area contributed by atoms with E-state index in [1.165, 1.54) is 23.8 Å². The van der Waals surface area contributed by atoms with Crippen LogP contribution in [0.3, 0.4) is 0 Å². The number of rotatable bonds is 7. The van der Waals surface area contributed by atoms with Crippen LogP contribution in [0.15, 0.2) is 54.6 Å². The van der Waals surface area contributed by atoms with Crippen LogP contribution >= 0.6 is 0 Å². The second kappa shape index (κ2) is 9.87. The van der Waals surface area contributed by atoms with E-state index in [2.05, 4.69) is 27.2 Å². The number of aromatic amines is 1. The summed E-state index contributed by atoms with van der Waals surface area (Å²) in [6, 6.07) is 16.3. The topological polar surface area (TPSA) is 57.4 Å². The lowest BCUT2D eigenvalue weighted by atomic mass is 9.89. The molecule has 2 unspecified atom stereocenters. The molecule has 4 rings (SSSR count). The Bertz CT molecular complexity index is 1080. The number of halogens is 3. The summed E-state index contributed by atoms with van der Waals surface area (Å²) in [5.74, 6) is -0.444. The monoisotopic (exact) mass is 459 g/mol. The molecule has 2 aromatic carbocycles. The molecule has 0 aliphatic heterocycles. The Morgan fingerprint density at radius 3 is 2.67 bits per heavy atom. The first kappa shape index (κ1) is 23.2. The van der Waals surface area contributed by atoms with Crippen LogP contribution in [0.5, 0.6) is 5.75 Å². The largest absolute Gasteiger partial charge is 0.573 e. The molecule has 0 spiro atoms. The van der Waals surface area contributed by atoms with Gasteiger partial charge in [-0.2, -0.15) is 0 Å². The quantitative estimate of drug-likeness (QED) is 0.482. The van der Waals surface area contributed by atoms with Crippen molar-refractivity contribution >= 4 is 16.8 Å². The van der Waals surface area contributed by atoms with E-state index in [9.17, 15) is 18.0 Å². The molecule has 1 saturated carbocycles. The molecule has 1 amide bonds. The van der Waals surface area contributed by atoms with Crippen molar-refractivity contribution in [3.63, 3.8) is 0 Å². The summed E-state index contributed by atoms with van der Waals surface area (Å²) in [7, 11) is 0. The van der Waals surface area contributed by atoms with Crippen molar-refractivity contribution < 1.29 is 22.7 Å². The first-order valence-electron chi connectivity index (χ1n) is 11.3. The lowest BCUT2D eigenvalue weighted by molar-refractivity contribution is -0.274. The number of nitrogens with one attached hydrogen (secondary N) is 2. The maximum Gasteiger partial charge on any atom is 0.573 e. The average Bonchev–Trinajstić information content (AvgIpc) is 3.21. The molecule has 5 nitrogen and oxygen atoms in total.